The number of thiol groups is 2. The van der Waals surface area contributed by atoms with Crippen LogP contribution in [0.2, 0.25) is 0 Å². The number of carbonyl (C=O) groups excluding carboxylic acids is 9. The Hall–Kier alpha value is -8.34. The highest BCUT2D eigenvalue weighted by molar-refractivity contribution is 7.81. The number of carbonyl (C=O) groups is 9. The van der Waals surface area contributed by atoms with Gasteiger partial charge in [-0.15, -0.1) is 0 Å². The molecule has 4 aromatic rings. The topological polar surface area (TPSA) is 449 Å². The van der Waals surface area contributed by atoms with Crippen LogP contribution in [0.3, 0.4) is 0 Å². The first kappa shape index (κ1) is 64.2. The number of hydrogen-bond acceptors (Lipinski definition) is 14. The zero-order valence-corrected chi connectivity index (χ0v) is 46.7. The fourth-order valence-electron chi connectivity index (χ4n) is 8.20. The van der Waals surface area contributed by atoms with Gasteiger partial charge in [-0.2, -0.15) is 25.3 Å². The van der Waals surface area contributed by atoms with Crippen LogP contribution < -0.4 is 71.2 Å². The molecule has 0 saturated heterocycles. The van der Waals surface area contributed by atoms with E-state index in [2.05, 4.69) is 92.7 Å². The van der Waals surface area contributed by atoms with Crippen molar-refractivity contribution in [2.24, 2.45) is 38.7 Å². The molecule has 9 amide bonds. The lowest BCUT2D eigenvalue weighted by molar-refractivity contribution is -0.135. The summed E-state index contributed by atoms with van der Waals surface area (Å²) in [7, 11) is 0. The summed E-state index contributed by atoms with van der Waals surface area (Å²) in [6.07, 6.45) is 4.59. The van der Waals surface area contributed by atoms with Crippen molar-refractivity contribution in [2.75, 3.05) is 18.8 Å². The van der Waals surface area contributed by atoms with Gasteiger partial charge in [-0.25, -0.2) is 4.98 Å². The molecule has 0 spiro atoms. The Morgan fingerprint density at radius 2 is 1.09 bits per heavy atom. The summed E-state index contributed by atoms with van der Waals surface area (Å²) in [4.78, 5) is 141. The Kier molecular flexibility index (Phi) is 25.1. The van der Waals surface area contributed by atoms with Crippen LogP contribution in [0.5, 0.6) is 0 Å². The monoisotopic (exact) mass is 1150 g/mol. The molecule has 2 heterocycles. The molecule has 20 N–H and O–H groups in total. The van der Waals surface area contributed by atoms with Crippen LogP contribution in [0.1, 0.15) is 70.2 Å². The number of amides is 9. The Morgan fingerprint density at radius 3 is 1.62 bits per heavy atom. The molecule has 0 aliphatic carbocycles. The average molecular weight is 1150 g/mol. The molecular weight excluding hydrogens is 1070 g/mol. The molecule has 434 valence electrons. The average Bonchev–Trinajstić information content (AvgIpc) is 4.07. The van der Waals surface area contributed by atoms with E-state index in [0.29, 0.717) is 23.2 Å². The summed E-state index contributed by atoms with van der Waals surface area (Å²) in [6, 6.07) is 5.43. The SMILES string of the molecule is CC(=O)N[C@H](CCCN=C(N)N)C(=O)N[C@@H](CS)C(=O)N[C@H](C)C(=O)N[C@@H](Cc1cnc[nH]1)C(=O)N[C@H](Cc1ccccc1)C(=O)N[C@@H](CCCN=C(N)N)C(=O)N[C@@H](Cc1c[nH]c2ccccc12)C(=O)N[C@H](C(N)=O)C(C)(C)S. The first-order valence-corrected chi connectivity index (χ1v) is 26.6. The van der Waals surface area contributed by atoms with Gasteiger partial charge in [0.05, 0.1) is 6.33 Å². The number of fused-ring (bicyclic) bond motifs is 1. The molecule has 0 aliphatic heterocycles. The van der Waals surface area contributed by atoms with E-state index in [9.17, 15) is 43.2 Å². The number of aromatic nitrogens is 3. The summed E-state index contributed by atoms with van der Waals surface area (Å²) >= 11 is 8.71. The third-order valence-electron chi connectivity index (χ3n) is 12.3. The highest BCUT2D eigenvalue weighted by atomic mass is 32.1. The summed E-state index contributed by atoms with van der Waals surface area (Å²) in [6.45, 7) is 5.95. The second-order valence-electron chi connectivity index (χ2n) is 19.4. The number of para-hydroxylation sites is 1. The maximum absolute atomic E-state index is 14.7. The molecule has 27 nitrogen and oxygen atoms in total. The first-order chi connectivity index (χ1) is 37.9. The zero-order valence-electron chi connectivity index (χ0n) is 44.9. The number of aromatic amines is 2. The lowest BCUT2D eigenvalue weighted by atomic mass is 9.99. The van der Waals surface area contributed by atoms with Crippen LogP contribution in [0.25, 0.3) is 10.9 Å². The molecule has 2 aromatic carbocycles. The van der Waals surface area contributed by atoms with Crippen molar-refractivity contribution in [1.29, 1.82) is 0 Å². The van der Waals surface area contributed by atoms with Crippen LogP contribution >= 0.6 is 25.3 Å². The van der Waals surface area contributed by atoms with Crippen molar-refractivity contribution in [3.05, 3.63) is 90.1 Å². The van der Waals surface area contributed by atoms with E-state index < -0.39 is 106 Å². The number of rotatable bonds is 32. The molecule has 0 bridgehead atoms. The van der Waals surface area contributed by atoms with Gasteiger partial charge in [-0.3, -0.25) is 53.1 Å². The summed E-state index contributed by atoms with van der Waals surface area (Å²) in [5, 5.41) is 21.9. The molecule has 80 heavy (non-hydrogen) atoms. The minimum absolute atomic E-state index is 0.0440. The van der Waals surface area contributed by atoms with Gasteiger partial charge in [0, 0.05) is 78.8 Å². The Balaban J connectivity index is 1.61. The molecule has 0 radical (unpaired) electrons. The lowest BCUT2D eigenvalue weighted by Gasteiger charge is -2.30. The van der Waals surface area contributed by atoms with Gasteiger partial charge in [0.1, 0.15) is 48.3 Å². The molecule has 0 saturated carbocycles. The van der Waals surface area contributed by atoms with E-state index >= 15 is 0 Å². The number of nitrogens with zero attached hydrogens (tertiary/aromatic N) is 3. The lowest BCUT2D eigenvalue weighted by Crippen LogP contribution is -2.61. The van der Waals surface area contributed by atoms with E-state index in [1.807, 2.05) is 24.3 Å². The largest absolute Gasteiger partial charge is 0.370 e. The van der Waals surface area contributed by atoms with Gasteiger partial charge < -0.3 is 81.2 Å². The van der Waals surface area contributed by atoms with Gasteiger partial charge in [-0.1, -0.05) is 48.5 Å². The van der Waals surface area contributed by atoms with Crippen molar-refractivity contribution in [3.63, 3.8) is 0 Å². The normalized spacial score (nSPS) is 14.2. The first-order valence-electron chi connectivity index (χ1n) is 25.6. The number of nitrogens with two attached hydrogens (primary N) is 5. The molecule has 4 rings (SSSR count). The number of hydrogen-bond donors (Lipinski definition) is 17. The third-order valence-corrected chi connectivity index (χ3v) is 12.9. The summed E-state index contributed by atoms with van der Waals surface area (Å²) < 4.78 is -1.12. The summed E-state index contributed by atoms with van der Waals surface area (Å²) in [5.41, 5.74) is 30.0. The van der Waals surface area contributed by atoms with E-state index in [1.165, 1.54) is 26.4 Å². The zero-order chi connectivity index (χ0) is 59.1. The Labute approximate surface area is 473 Å². The minimum Gasteiger partial charge on any atom is -0.370 e. The van der Waals surface area contributed by atoms with Crippen LogP contribution in [0.4, 0.5) is 0 Å². The van der Waals surface area contributed by atoms with Crippen molar-refractivity contribution < 1.29 is 43.2 Å². The molecule has 2 aromatic heterocycles. The van der Waals surface area contributed by atoms with Crippen molar-refractivity contribution >= 4 is 101 Å². The molecular formula is C51H74N18O9S2. The second-order valence-corrected chi connectivity index (χ2v) is 20.9. The number of primary amides is 1. The summed E-state index contributed by atoms with van der Waals surface area (Å²) in [5.74, 6) is -7.60. The van der Waals surface area contributed by atoms with Crippen LogP contribution in [-0.2, 0) is 62.4 Å². The maximum atomic E-state index is 14.7. The second kappa shape index (κ2) is 31.3. The van der Waals surface area contributed by atoms with Gasteiger partial charge in [-0.05, 0) is 63.6 Å². The minimum atomic E-state index is -1.42. The number of H-pyrrole nitrogens is 2. The predicted molar refractivity (Wildman–Crippen MR) is 307 cm³/mol. The highest BCUT2D eigenvalue weighted by Gasteiger charge is 2.37. The van der Waals surface area contributed by atoms with Crippen LogP contribution in [-0.4, -0.2) is 152 Å². The van der Waals surface area contributed by atoms with Crippen LogP contribution in [0.15, 0.2) is 83.3 Å². The fraction of sp³-hybridized carbons (Fsp3) is 0.451. The van der Waals surface area contributed by atoms with E-state index in [1.54, 1.807) is 50.4 Å². The van der Waals surface area contributed by atoms with Crippen molar-refractivity contribution in [2.45, 2.75) is 126 Å². The predicted octanol–water partition coefficient (Wildman–Crippen LogP) is -2.93. The van der Waals surface area contributed by atoms with E-state index in [4.69, 9.17) is 28.7 Å². The maximum Gasteiger partial charge on any atom is 0.244 e. The molecule has 0 aliphatic rings. The van der Waals surface area contributed by atoms with E-state index in [-0.39, 0.29) is 69.3 Å². The third kappa shape index (κ3) is 21.1. The number of imidazole rings is 1. The van der Waals surface area contributed by atoms with Gasteiger partial charge in [0.2, 0.25) is 53.2 Å². The Bertz CT molecular complexity index is 2820. The Morgan fingerprint density at radius 1 is 0.600 bits per heavy atom. The number of nitrogens with one attached hydrogen (secondary N) is 10. The van der Waals surface area contributed by atoms with Gasteiger partial charge in [0.25, 0.3) is 0 Å². The molecule has 29 heteroatoms. The molecule has 0 fully saturated rings. The molecule has 0 unspecified atom stereocenters. The van der Waals surface area contributed by atoms with Crippen LogP contribution in [0, 0.1) is 0 Å². The molecule has 8 atom stereocenters. The quantitative estimate of drug-likeness (QED) is 0.0101. The highest BCUT2D eigenvalue weighted by Crippen LogP contribution is 2.21. The van der Waals surface area contributed by atoms with Gasteiger partial charge in [0.15, 0.2) is 11.9 Å². The number of guanidine groups is 2. The van der Waals surface area contributed by atoms with Crippen molar-refractivity contribution in [3.8, 4) is 0 Å². The van der Waals surface area contributed by atoms with E-state index in [0.717, 1.165) is 10.9 Å². The smallest absolute Gasteiger partial charge is 0.244 e. The van der Waals surface area contributed by atoms with Crippen molar-refractivity contribution in [1.82, 2.24) is 57.5 Å². The number of benzene rings is 2. The van der Waals surface area contributed by atoms with Gasteiger partial charge >= 0.3 is 0 Å². The standard InChI is InChI=1S/C51H74N18O9S2/c1-27(62-48(78)39(25-79)68-43(73)34(63-28(2)70)16-10-18-58-49(53)54)42(72)65-38(22-31-24-57-26-61-31)46(76)66-36(20-29-12-6-5-7-13-29)45(75)64-35(17-11-19-59-50(55)56)44(74)67-37(47(77)69-40(41(52)71)51(3,4)80)21-30-23-60-33-15-9-8-14-32(30)33/h5-9,12-15,23-24,26-27,34-40,60,79-80H,10-11,16-22,25H2,1-4H3,(H2,52,71)(H,57,61)(H,62,78)(H,63,70)(H,64,75)(H,65,72)(H,66,76)(H,67,74)(H,68,73)(H,69,77)(H4,53,54,58)(H4,55,56,59)/t27-,34-,35+,36-,37+,38+,39+,40-/m1/s1. The fourth-order valence-corrected chi connectivity index (χ4v) is 8.65. The number of aliphatic imine (C=N–C) groups is 2.